The van der Waals surface area contributed by atoms with E-state index in [1.807, 2.05) is 22.6 Å². The van der Waals surface area contributed by atoms with Crippen LogP contribution in [0.3, 0.4) is 0 Å². The van der Waals surface area contributed by atoms with E-state index in [0.29, 0.717) is 9.13 Å². The highest BCUT2D eigenvalue weighted by Crippen LogP contribution is 2.24. The van der Waals surface area contributed by atoms with E-state index in [0.717, 1.165) is 0 Å². The zero-order valence-electron chi connectivity index (χ0n) is 6.28. The lowest BCUT2D eigenvalue weighted by molar-refractivity contribution is 0.101. The van der Waals surface area contributed by atoms with Gasteiger partial charge in [-0.1, -0.05) is 0 Å². The van der Waals surface area contributed by atoms with Gasteiger partial charge in [0.05, 0.1) is 10.4 Å². The van der Waals surface area contributed by atoms with Crippen molar-refractivity contribution in [3.8, 4) is 0 Å². The Hall–Kier alpha value is 0.320. The first kappa shape index (κ1) is 11.4. The second-order valence-corrected chi connectivity index (χ2v) is 4.61. The fourth-order valence-corrected chi connectivity index (χ4v) is 2.01. The molecule has 0 unspecified atom stereocenters. The Morgan fingerprint density at radius 3 is 2.77 bits per heavy atom. The summed E-state index contributed by atoms with van der Waals surface area (Å²) in [6, 6.07) is 2.94. The summed E-state index contributed by atoms with van der Waals surface area (Å²) in [6.07, 6.45) is 0. The Morgan fingerprint density at radius 2 is 2.23 bits per heavy atom. The zero-order valence-corrected chi connectivity index (χ0v) is 10.8. The third kappa shape index (κ3) is 2.63. The lowest BCUT2D eigenvalue weighted by Gasteiger charge is -2.03. The standard InChI is InChI=1S/C8H4BrClFIO/c9-8-5(7(13)3-10)1-4(12)2-6(8)11/h1-2H,3H2. The summed E-state index contributed by atoms with van der Waals surface area (Å²) in [5.74, 6) is -0.871. The smallest absolute Gasteiger partial charge is 0.178 e. The largest absolute Gasteiger partial charge is 0.293 e. The number of rotatable bonds is 2. The Kier molecular flexibility index (Phi) is 4.12. The SMILES string of the molecule is O=C(CCl)c1cc(I)cc(F)c1Br. The predicted octanol–water partition coefficient (Wildman–Crippen LogP) is 3.61. The van der Waals surface area contributed by atoms with Crippen LogP contribution in [-0.2, 0) is 0 Å². The molecule has 0 aromatic heterocycles. The molecule has 13 heavy (non-hydrogen) atoms. The summed E-state index contributed by atoms with van der Waals surface area (Å²) in [5, 5.41) is 0. The average Bonchev–Trinajstić information content (AvgIpc) is 2.10. The minimum atomic E-state index is -0.444. The van der Waals surface area contributed by atoms with Crippen molar-refractivity contribution in [2.75, 3.05) is 5.88 Å². The molecule has 5 heteroatoms. The zero-order chi connectivity index (χ0) is 10.0. The quantitative estimate of drug-likeness (QED) is 0.333. The number of Topliss-reactive ketones (excluding diaryl/α,β-unsaturated/α-hetero) is 1. The third-order valence-corrected chi connectivity index (χ3v) is 3.09. The van der Waals surface area contributed by atoms with Crippen molar-refractivity contribution in [2.24, 2.45) is 0 Å². The second-order valence-electron chi connectivity index (χ2n) is 2.31. The number of carbonyl (C=O) groups excluding carboxylic acids is 1. The normalized spacial score (nSPS) is 10.2. The topological polar surface area (TPSA) is 17.1 Å². The average molecular weight is 377 g/mol. The molecule has 1 aromatic carbocycles. The summed E-state index contributed by atoms with van der Waals surface area (Å²) in [6.45, 7) is 0. The predicted molar refractivity (Wildman–Crippen MR) is 61.9 cm³/mol. The first-order chi connectivity index (χ1) is 6.06. The highest BCUT2D eigenvalue weighted by molar-refractivity contribution is 14.1. The Morgan fingerprint density at radius 1 is 1.62 bits per heavy atom. The van der Waals surface area contributed by atoms with Crippen LogP contribution in [-0.4, -0.2) is 11.7 Å². The molecule has 0 atom stereocenters. The van der Waals surface area contributed by atoms with Crippen molar-refractivity contribution >= 4 is 55.9 Å². The van der Waals surface area contributed by atoms with Crippen molar-refractivity contribution in [3.05, 3.63) is 31.6 Å². The van der Waals surface area contributed by atoms with Gasteiger partial charge in [0.2, 0.25) is 0 Å². The molecule has 0 aliphatic heterocycles. The number of halogens is 4. The molecule has 0 aliphatic rings. The van der Waals surface area contributed by atoms with E-state index >= 15 is 0 Å². The molecule has 1 rings (SSSR count). The van der Waals surface area contributed by atoms with Gasteiger partial charge in [0.1, 0.15) is 5.82 Å². The first-order valence-corrected chi connectivity index (χ1v) is 5.70. The van der Waals surface area contributed by atoms with Crippen LogP contribution >= 0.6 is 50.1 Å². The summed E-state index contributed by atoms with van der Waals surface area (Å²) < 4.78 is 13.9. The van der Waals surface area contributed by atoms with Gasteiger partial charge >= 0.3 is 0 Å². The highest BCUT2D eigenvalue weighted by atomic mass is 127. The molecular formula is C8H4BrClFIO. The van der Waals surface area contributed by atoms with Gasteiger partial charge in [-0.15, -0.1) is 11.6 Å². The van der Waals surface area contributed by atoms with Crippen LogP contribution in [0, 0.1) is 9.39 Å². The molecule has 0 heterocycles. The number of hydrogen-bond acceptors (Lipinski definition) is 1. The molecule has 0 saturated carbocycles. The maximum atomic E-state index is 13.1. The molecule has 70 valence electrons. The van der Waals surface area contributed by atoms with Crippen LogP contribution in [0.2, 0.25) is 0 Å². The van der Waals surface area contributed by atoms with E-state index in [1.165, 1.54) is 6.07 Å². The van der Waals surface area contributed by atoms with E-state index in [2.05, 4.69) is 15.9 Å². The molecule has 0 spiro atoms. The van der Waals surface area contributed by atoms with Gasteiger partial charge in [0, 0.05) is 9.13 Å². The van der Waals surface area contributed by atoms with Crippen molar-refractivity contribution in [2.45, 2.75) is 0 Å². The van der Waals surface area contributed by atoms with Crippen LogP contribution in [0.15, 0.2) is 16.6 Å². The summed E-state index contributed by atoms with van der Waals surface area (Å²) in [5.41, 5.74) is 0.291. The number of alkyl halides is 1. The Bertz CT molecular complexity index is 356. The van der Waals surface area contributed by atoms with Crippen LogP contribution < -0.4 is 0 Å². The number of ketones is 1. The minimum absolute atomic E-state index is 0.141. The number of hydrogen-bond donors (Lipinski definition) is 0. The van der Waals surface area contributed by atoms with E-state index in [1.54, 1.807) is 6.07 Å². The first-order valence-electron chi connectivity index (χ1n) is 3.30. The molecule has 1 nitrogen and oxygen atoms in total. The van der Waals surface area contributed by atoms with E-state index < -0.39 is 5.82 Å². The Labute approximate surface area is 102 Å². The van der Waals surface area contributed by atoms with Gasteiger partial charge in [-0.05, 0) is 50.7 Å². The van der Waals surface area contributed by atoms with Crippen LogP contribution in [0.25, 0.3) is 0 Å². The maximum Gasteiger partial charge on any atom is 0.178 e. The number of benzene rings is 1. The van der Waals surface area contributed by atoms with Crippen LogP contribution in [0.5, 0.6) is 0 Å². The van der Waals surface area contributed by atoms with Crippen LogP contribution in [0.1, 0.15) is 10.4 Å². The van der Waals surface area contributed by atoms with Gasteiger partial charge < -0.3 is 0 Å². The third-order valence-electron chi connectivity index (χ3n) is 1.41. The summed E-state index contributed by atoms with van der Waals surface area (Å²) in [4.78, 5) is 11.2. The molecule has 0 N–H and O–H groups in total. The van der Waals surface area contributed by atoms with Crippen molar-refractivity contribution in [1.82, 2.24) is 0 Å². The lowest BCUT2D eigenvalue weighted by atomic mass is 10.1. The van der Waals surface area contributed by atoms with Crippen molar-refractivity contribution in [1.29, 1.82) is 0 Å². The molecule has 0 radical (unpaired) electrons. The van der Waals surface area contributed by atoms with Crippen molar-refractivity contribution < 1.29 is 9.18 Å². The second kappa shape index (κ2) is 4.70. The molecule has 0 aliphatic carbocycles. The molecule has 0 saturated heterocycles. The molecule has 0 fully saturated rings. The molecule has 0 bridgehead atoms. The highest BCUT2D eigenvalue weighted by Gasteiger charge is 2.13. The lowest BCUT2D eigenvalue weighted by Crippen LogP contribution is -2.03. The van der Waals surface area contributed by atoms with E-state index in [4.69, 9.17) is 11.6 Å². The van der Waals surface area contributed by atoms with Gasteiger partial charge in [0.15, 0.2) is 5.78 Å². The van der Waals surface area contributed by atoms with Gasteiger partial charge in [0.25, 0.3) is 0 Å². The van der Waals surface area contributed by atoms with Crippen LogP contribution in [0.4, 0.5) is 4.39 Å². The maximum absolute atomic E-state index is 13.1. The molecular weight excluding hydrogens is 373 g/mol. The monoisotopic (exact) mass is 376 g/mol. The van der Waals surface area contributed by atoms with E-state index in [-0.39, 0.29) is 16.1 Å². The summed E-state index contributed by atoms with van der Waals surface area (Å²) in [7, 11) is 0. The molecule has 1 aromatic rings. The fraction of sp³-hybridized carbons (Fsp3) is 0.125. The minimum Gasteiger partial charge on any atom is -0.293 e. The van der Waals surface area contributed by atoms with Gasteiger partial charge in [-0.3, -0.25) is 4.79 Å². The Balaban J connectivity index is 3.28. The van der Waals surface area contributed by atoms with Crippen molar-refractivity contribution in [3.63, 3.8) is 0 Å². The van der Waals surface area contributed by atoms with Gasteiger partial charge in [-0.25, -0.2) is 4.39 Å². The fourth-order valence-electron chi connectivity index (χ4n) is 0.831. The molecule has 0 amide bonds. The van der Waals surface area contributed by atoms with Gasteiger partial charge in [-0.2, -0.15) is 0 Å². The summed E-state index contributed by atoms with van der Waals surface area (Å²) >= 11 is 10.3. The van der Waals surface area contributed by atoms with E-state index in [9.17, 15) is 9.18 Å². The number of carbonyl (C=O) groups is 1.